The number of H-pyrrole nitrogens is 2. The van der Waals surface area contributed by atoms with Gasteiger partial charge in [0, 0.05) is 57.9 Å². The lowest BCUT2D eigenvalue weighted by molar-refractivity contribution is 0.0691. The van der Waals surface area contributed by atoms with Crippen LogP contribution in [0.3, 0.4) is 0 Å². The second kappa shape index (κ2) is 8.46. The number of carbonyl (C=O) groups excluding carboxylic acids is 1. The van der Waals surface area contributed by atoms with Gasteiger partial charge < -0.3 is 14.9 Å². The van der Waals surface area contributed by atoms with Crippen LogP contribution in [0.2, 0.25) is 0 Å². The van der Waals surface area contributed by atoms with Crippen molar-refractivity contribution in [3.8, 4) is 11.1 Å². The fraction of sp³-hybridized carbons (Fsp3) is 0.269. The summed E-state index contributed by atoms with van der Waals surface area (Å²) >= 11 is 0. The molecule has 0 unspecified atom stereocenters. The Balaban J connectivity index is 1.84. The average Bonchev–Trinajstić information content (AvgIpc) is 3.13. The van der Waals surface area contributed by atoms with Crippen molar-refractivity contribution in [2.75, 3.05) is 0 Å². The summed E-state index contributed by atoms with van der Waals surface area (Å²) < 4.78 is 0. The van der Waals surface area contributed by atoms with E-state index in [1.54, 1.807) is 17.3 Å². The molecule has 0 spiro atoms. The highest BCUT2D eigenvalue weighted by Gasteiger charge is 2.25. The number of hydrogen-bond donors (Lipinski definition) is 2. The molecule has 164 valence electrons. The van der Waals surface area contributed by atoms with Crippen molar-refractivity contribution in [3.05, 3.63) is 87.2 Å². The maximum atomic E-state index is 13.9. The summed E-state index contributed by atoms with van der Waals surface area (Å²) in [6, 6.07) is 9.70. The third-order valence-corrected chi connectivity index (χ3v) is 5.91. The Kier molecular flexibility index (Phi) is 5.70. The number of hydrogen-bond acceptors (Lipinski definition) is 3. The molecule has 1 aromatic carbocycles. The molecule has 0 atom stereocenters. The van der Waals surface area contributed by atoms with Gasteiger partial charge in [0.2, 0.25) is 0 Å². The van der Waals surface area contributed by atoms with Gasteiger partial charge in [0.1, 0.15) is 0 Å². The van der Waals surface area contributed by atoms with Crippen LogP contribution in [-0.4, -0.2) is 31.8 Å². The third kappa shape index (κ3) is 3.96. The fourth-order valence-electron chi connectivity index (χ4n) is 4.20. The zero-order chi connectivity index (χ0) is 23.0. The Morgan fingerprint density at radius 3 is 2.53 bits per heavy atom. The van der Waals surface area contributed by atoms with Crippen LogP contribution >= 0.6 is 0 Å². The minimum Gasteiger partial charge on any atom is -0.361 e. The number of aryl methyl sites for hydroxylation is 3. The Hall–Kier alpha value is -3.67. The number of aromatic nitrogens is 3. The summed E-state index contributed by atoms with van der Waals surface area (Å²) in [5, 5.41) is 0.905. The number of nitrogens with one attached hydrogen (secondary N) is 2. The summed E-state index contributed by atoms with van der Waals surface area (Å²) in [4.78, 5) is 38.7. The van der Waals surface area contributed by atoms with Crippen molar-refractivity contribution in [1.82, 2.24) is 19.9 Å². The summed E-state index contributed by atoms with van der Waals surface area (Å²) in [6.07, 6.45) is 5.44. The molecule has 0 radical (unpaired) electrons. The normalized spacial score (nSPS) is 11.3. The molecule has 0 saturated carbocycles. The van der Waals surface area contributed by atoms with Crippen molar-refractivity contribution in [3.63, 3.8) is 0 Å². The first-order valence-electron chi connectivity index (χ1n) is 10.8. The van der Waals surface area contributed by atoms with E-state index in [-0.39, 0.29) is 24.1 Å². The highest BCUT2D eigenvalue weighted by atomic mass is 16.2. The van der Waals surface area contributed by atoms with Crippen molar-refractivity contribution >= 4 is 16.8 Å². The van der Waals surface area contributed by atoms with Gasteiger partial charge in [-0.3, -0.25) is 14.6 Å². The highest BCUT2D eigenvalue weighted by Crippen LogP contribution is 2.30. The molecule has 6 heteroatoms. The number of rotatable bonds is 5. The number of fused-ring (bicyclic) bond motifs is 1. The van der Waals surface area contributed by atoms with Crippen LogP contribution in [0.1, 0.15) is 46.6 Å². The van der Waals surface area contributed by atoms with Gasteiger partial charge in [-0.1, -0.05) is 6.07 Å². The molecular weight excluding hydrogens is 400 g/mol. The Morgan fingerprint density at radius 2 is 1.88 bits per heavy atom. The van der Waals surface area contributed by atoms with Gasteiger partial charge in [0.05, 0.1) is 6.54 Å². The summed E-state index contributed by atoms with van der Waals surface area (Å²) in [5.74, 6) is -0.0992. The van der Waals surface area contributed by atoms with E-state index >= 15 is 0 Å². The number of aromatic amines is 2. The van der Waals surface area contributed by atoms with E-state index in [9.17, 15) is 9.59 Å². The predicted octanol–water partition coefficient (Wildman–Crippen LogP) is 4.89. The van der Waals surface area contributed by atoms with Crippen LogP contribution in [0.5, 0.6) is 0 Å². The minimum absolute atomic E-state index is 0.0843. The summed E-state index contributed by atoms with van der Waals surface area (Å²) in [7, 11) is 0. The molecule has 0 aliphatic heterocycles. The van der Waals surface area contributed by atoms with Gasteiger partial charge in [0.15, 0.2) is 0 Å². The number of nitrogens with zero attached hydrogens (tertiary/aromatic N) is 2. The molecule has 4 rings (SSSR count). The van der Waals surface area contributed by atoms with E-state index in [0.29, 0.717) is 11.1 Å². The van der Waals surface area contributed by atoms with Gasteiger partial charge in [-0.2, -0.15) is 0 Å². The molecule has 3 heterocycles. The second-order valence-corrected chi connectivity index (χ2v) is 8.63. The van der Waals surface area contributed by atoms with E-state index in [2.05, 4.69) is 15.0 Å². The van der Waals surface area contributed by atoms with E-state index in [1.165, 1.54) is 0 Å². The van der Waals surface area contributed by atoms with E-state index in [0.717, 1.165) is 38.9 Å². The first kappa shape index (κ1) is 21.6. The monoisotopic (exact) mass is 428 g/mol. The maximum absolute atomic E-state index is 13.9. The van der Waals surface area contributed by atoms with Crippen molar-refractivity contribution in [1.29, 1.82) is 0 Å². The Labute approximate surface area is 187 Å². The topological polar surface area (TPSA) is 81.8 Å². The van der Waals surface area contributed by atoms with Gasteiger partial charge in [-0.25, -0.2) is 0 Å². The Bertz CT molecular complexity index is 1350. The number of carbonyl (C=O) groups is 1. The molecule has 0 aliphatic carbocycles. The molecule has 6 nitrogen and oxygen atoms in total. The number of amides is 1. The number of benzene rings is 1. The van der Waals surface area contributed by atoms with Crippen LogP contribution in [0, 0.1) is 20.8 Å². The summed E-state index contributed by atoms with van der Waals surface area (Å²) in [5.41, 5.74) is 6.56. The third-order valence-electron chi connectivity index (χ3n) is 5.91. The predicted molar refractivity (Wildman–Crippen MR) is 128 cm³/mol. The molecule has 0 bridgehead atoms. The van der Waals surface area contributed by atoms with Crippen LogP contribution in [-0.2, 0) is 6.54 Å². The first-order chi connectivity index (χ1) is 15.3. The van der Waals surface area contributed by atoms with Gasteiger partial charge in [-0.15, -0.1) is 0 Å². The maximum Gasteiger partial charge on any atom is 0.255 e. The highest BCUT2D eigenvalue weighted by molar-refractivity contribution is 6.09. The minimum atomic E-state index is -0.145. The lowest BCUT2D eigenvalue weighted by atomic mass is 9.98. The molecule has 0 fully saturated rings. The number of pyridine rings is 2. The van der Waals surface area contributed by atoms with Crippen molar-refractivity contribution in [2.24, 2.45) is 0 Å². The fourth-order valence-corrected chi connectivity index (χ4v) is 4.20. The van der Waals surface area contributed by atoms with Crippen LogP contribution < -0.4 is 5.56 Å². The standard InChI is InChI=1S/C26H28N4O2/c1-15(2)30(14-22-16(3)9-18(5)29-25(22)31)26(32)21-10-20(19-7-6-8-27-13-19)11-23-24(21)17(4)12-28-23/h6-13,15,28H,14H2,1-5H3,(H,29,31). The van der Waals surface area contributed by atoms with Gasteiger partial charge in [0.25, 0.3) is 11.5 Å². The molecular formula is C26H28N4O2. The molecule has 1 amide bonds. The van der Waals surface area contributed by atoms with Gasteiger partial charge >= 0.3 is 0 Å². The molecule has 3 aromatic heterocycles. The van der Waals surface area contributed by atoms with Crippen molar-refractivity contribution < 1.29 is 4.79 Å². The van der Waals surface area contributed by atoms with Crippen LogP contribution in [0.4, 0.5) is 0 Å². The van der Waals surface area contributed by atoms with Crippen molar-refractivity contribution in [2.45, 2.75) is 47.2 Å². The molecule has 4 aromatic rings. The molecule has 0 saturated heterocycles. The first-order valence-corrected chi connectivity index (χ1v) is 10.8. The SMILES string of the molecule is Cc1cc(C)c(CN(C(=O)c2cc(-c3cccnc3)cc3[nH]cc(C)c23)C(C)C)c(=O)[nH]1. The summed E-state index contributed by atoms with van der Waals surface area (Å²) in [6.45, 7) is 9.97. The van der Waals surface area contributed by atoms with E-state index in [1.807, 2.05) is 71.1 Å². The lowest BCUT2D eigenvalue weighted by Crippen LogP contribution is -2.38. The molecule has 2 N–H and O–H groups in total. The van der Waals surface area contributed by atoms with Crippen LogP contribution in [0.15, 0.2) is 53.7 Å². The smallest absolute Gasteiger partial charge is 0.255 e. The Morgan fingerprint density at radius 1 is 1.09 bits per heavy atom. The quantitative estimate of drug-likeness (QED) is 0.475. The lowest BCUT2D eigenvalue weighted by Gasteiger charge is -2.28. The van der Waals surface area contributed by atoms with Gasteiger partial charge in [-0.05, 0) is 75.6 Å². The molecule has 32 heavy (non-hydrogen) atoms. The molecule has 0 aliphatic rings. The van der Waals surface area contributed by atoms with E-state index < -0.39 is 0 Å². The largest absolute Gasteiger partial charge is 0.361 e. The average molecular weight is 429 g/mol. The van der Waals surface area contributed by atoms with Crippen LogP contribution in [0.25, 0.3) is 22.0 Å². The zero-order valence-corrected chi connectivity index (χ0v) is 19.1. The second-order valence-electron chi connectivity index (χ2n) is 8.63. The van der Waals surface area contributed by atoms with E-state index in [4.69, 9.17) is 0 Å². The zero-order valence-electron chi connectivity index (χ0n) is 19.1.